The summed E-state index contributed by atoms with van der Waals surface area (Å²) in [7, 11) is -4.55. The number of carbonyl (C=O) groups excluding carboxylic acids is 2. The number of aliphatic hydroxyl groups is 2. The monoisotopic (exact) mass is 498 g/mol. The fraction of sp³-hybridized carbons (Fsp3) is 0.909. The SMILES string of the molecule is CCCCCCCCCCCCCC(=O)OC[C@H](COP(=O)(O)OC[C@@H](O)CO)OC(C)=O. The third kappa shape index (κ3) is 21.3. The molecule has 33 heavy (non-hydrogen) atoms. The van der Waals surface area contributed by atoms with E-state index in [4.69, 9.17) is 24.2 Å². The van der Waals surface area contributed by atoms with Crippen LogP contribution >= 0.6 is 7.82 Å². The molecule has 0 heterocycles. The lowest BCUT2D eigenvalue weighted by Crippen LogP contribution is -2.29. The molecule has 0 aromatic heterocycles. The molecule has 0 aliphatic heterocycles. The Bertz CT molecular complexity index is 557. The summed E-state index contributed by atoms with van der Waals surface area (Å²) < 4.78 is 31.0. The Hall–Kier alpha value is -1.03. The average Bonchev–Trinajstić information content (AvgIpc) is 2.77. The number of phosphoric acid groups is 1. The minimum absolute atomic E-state index is 0.241. The van der Waals surface area contributed by atoms with Crippen molar-refractivity contribution in [2.45, 2.75) is 103 Å². The van der Waals surface area contributed by atoms with Crippen LogP contribution in [0.5, 0.6) is 0 Å². The number of aliphatic hydroxyl groups excluding tert-OH is 2. The molecule has 0 aliphatic carbocycles. The molecule has 0 aliphatic rings. The standard InChI is InChI=1S/C22H43O10P/c1-3-4-5-6-7-8-9-10-11-12-13-14-22(26)29-17-21(32-19(2)24)18-31-33(27,28)30-16-20(25)15-23/h20-21,23,25H,3-18H2,1-2H3,(H,27,28)/t20-,21+/m0/s1. The van der Waals surface area contributed by atoms with E-state index in [1.807, 2.05) is 0 Å². The van der Waals surface area contributed by atoms with Crippen LogP contribution in [0.4, 0.5) is 0 Å². The first-order valence-corrected chi connectivity index (χ1v) is 13.4. The Morgan fingerprint density at radius 1 is 0.848 bits per heavy atom. The van der Waals surface area contributed by atoms with Crippen LogP contribution in [0, 0.1) is 0 Å². The molecule has 1 unspecified atom stereocenters. The van der Waals surface area contributed by atoms with Gasteiger partial charge in [0.15, 0.2) is 6.10 Å². The zero-order chi connectivity index (χ0) is 25.0. The van der Waals surface area contributed by atoms with Crippen molar-refractivity contribution in [2.75, 3.05) is 26.4 Å². The lowest BCUT2D eigenvalue weighted by Gasteiger charge is -2.19. The van der Waals surface area contributed by atoms with Crippen LogP contribution < -0.4 is 0 Å². The van der Waals surface area contributed by atoms with E-state index in [2.05, 4.69) is 11.4 Å². The first-order valence-electron chi connectivity index (χ1n) is 11.9. The number of unbranched alkanes of at least 4 members (excludes halogenated alkanes) is 10. The van der Waals surface area contributed by atoms with Crippen LogP contribution in [-0.2, 0) is 32.7 Å². The zero-order valence-corrected chi connectivity index (χ0v) is 21.0. The Morgan fingerprint density at radius 3 is 1.88 bits per heavy atom. The highest BCUT2D eigenvalue weighted by Crippen LogP contribution is 2.43. The maximum Gasteiger partial charge on any atom is 0.472 e. The number of phosphoric ester groups is 1. The summed E-state index contributed by atoms with van der Waals surface area (Å²) in [6, 6.07) is 0. The molecule has 10 nitrogen and oxygen atoms in total. The van der Waals surface area contributed by atoms with Crippen molar-refractivity contribution in [1.82, 2.24) is 0 Å². The molecule has 0 aromatic carbocycles. The summed E-state index contributed by atoms with van der Waals surface area (Å²) in [6.45, 7) is 1.22. The zero-order valence-electron chi connectivity index (χ0n) is 20.1. The van der Waals surface area contributed by atoms with Crippen LogP contribution in [0.1, 0.15) is 90.9 Å². The molecule has 0 radical (unpaired) electrons. The van der Waals surface area contributed by atoms with Gasteiger partial charge in [-0.15, -0.1) is 0 Å². The van der Waals surface area contributed by atoms with Gasteiger partial charge in [0.25, 0.3) is 0 Å². The molecule has 0 saturated heterocycles. The van der Waals surface area contributed by atoms with Crippen LogP contribution in [0.3, 0.4) is 0 Å². The van der Waals surface area contributed by atoms with E-state index in [0.717, 1.165) is 26.2 Å². The average molecular weight is 499 g/mol. The second kappa shape index (κ2) is 20.4. The number of esters is 2. The molecule has 11 heteroatoms. The van der Waals surface area contributed by atoms with Crippen LogP contribution in [0.15, 0.2) is 0 Å². The minimum atomic E-state index is -4.55. The number of ether oxygens (including phenoxy) is 2. The summed E-state index contributed by atoms with van der Waals surface area (Å²) in [5, 5.41) is 17.8. The molecule has 0 saturated carbocycles. The van der Waals surface area contributed by atoms with E-state index in [9.17, 15) is 19.0 Å². The van der Waals surface area contributed by atoms with E-state index in [1.54, 1.807) is 0 Å². The highest BCUT2D eigenvalue weighted by atomic mass is 31.2. The molecular weight excluding hydrogens is 455 g/mol. The van der Waals surface area contributed by atoms with Gasteiger partial charge < -0.3 is 24.6 Å². The van der Waals surface area contributed by atoms with Crippen molar-refractivity contribution in [3.63, 3.8) is 0 Å². The van der Waals surface area contributed by atoms with Gasteiger partial charge in [0.1, 0.15) is 12.7 Å². The molecule has 0 rings (SSSR count). The molecular formula is C22H43O10P. The first-order chi connectivity index (χ1) is 15.7. The van der Waals surface area contributed by atoms with Gasteiger partial charge in [-0.3, -0.25) is 18.6 Å². The Labute approximate surface area is 197 Å². The topological polar surface area (TPSA) is 149 Å². The van der Waals surface area contributed by atoms with Crippen LogP contribution in [-0.4, -0.2) is 65.7 Å². The van der Waals surface area contributed by atoms with Crippen molar-refractivity contribution in [3.05, 3.63) is 0 Å². The lowest BCUT2D eigenvalue weighted by atomic mass is 10.1. The second-order valence-electron chi connectivity index (χ2n) is 8.10. The van der Waals surface area contributed by atoms with E-state index >= 15 is 0 Å². The van der Waals surface area contributed by atoms with Crippen molar-refractivity contribution >= 4 is 19.8 Å². The Balaban J connectivity index is 4.00. The third-order valence-corrected chi connectivity index (χ3v) is 5.76. The fourth-order valence-electron chi connectivity index (χ4n) is 2.99. The molecule has 0 aromatic rings. The fourth-order valence-corrected chi connectivity index (χ4v) is 3.78. The van der Waals surface area contributed by atoms with E-state index in [-0.39, 0.29) is 13.0 Å². The molecule has 0 bridgehead atoms. The Kier molecular flexibility index (Phi) is 19.7. The summed E-state index contributed by atoms with van der Waals surface area (Å²) >= 11 is 0. The van der Waals surface area contributed by atoms with Gasteiger partial charge in [-0.05, 0) is 6.42 Å². The predicted octanol–water partition coefficient (Wildman–Crippen LogP) is 3.65. The summed E-state index contributed by atoms with van der Waals surface area (Å²) in [5.41, 5.74) is 0. The third-order valence-electron chi connectivity index (χ3n) is 4.81. The number of carbonyl (C=O) groups is 2. The Morgan fingerprint density at radius 2 is 1.36 bits per heavy atom. The molecule has 3 atom stereocenters. The molecule has 0 spiro atoms. The molecule has 3 N–H and O–H groups in total. The quantitative estimate of drug-likeness (QED) is 0.115. The smallest absolute Gasteiger partial charge is 0.462 e. The maximum atomic E-state index is 11.9. The van der Waals surface area contributed by atoms with Gasteiger partial charge in [-0.2, -0.15) is 0 Å². The van der Waals surface area contributed by atoms with Crippen molar-refractivity contribution < 1.29 is 47.8 Å². The van der Waals surface area contributed by atoms with Gasteiger partial charge in [0.2, 0.25) is 0 Å². The number of rotatable bonds is 22. The maximum absolute atomic E-state index is 11.9. The van der Waals surface area contributed by atoms with Gasteiger partial charge in [0, 0.05) is 13.3 Å². The van der Waals surface area contributed by atoms with Crippen molar-refractivity contribution in [2.24, 2.45) is 0 Å². The van der Waals surface area contributed by atoms with Crippen molar-refractivity contribution in [1.29, 1.82) is 0 Å². The predicted molar refractivity (Wildman–Crippen MR) is 122 cm³/mol. The second-order valence-corrected chi connectivity index (χ2v) is 9.55. The first kappa shape index (κ1) is 32.0. The number of hydrogen-bond acceptors (Lipinski definition) is 9. The molecule has 196 valence electrons. The van der Waals surface area contributed by atoms with Crippen LogP contribution in [0.25, 0.3) is 0 Å². The van der Waals surface area contributed by atoms with Gasteiger partial charge >= 0.3 is 19.8 Å². The van der Waals surface area contributed by atoms with Gasteiger partial charge in [-0.1, -0.05) is 71.1 Å². The molecule has 0 fully saturated rings. The van der Waals surface area contributed by atoms with Gasteiger partial charge in [-0.25, -0.2) is 4.57 Å². The highest BCUT2D eigenvalue weighted by molar-refractivity contribution is 7.47. The largest absolute Gasteiger partial charge is 0.472 e. The lowest BCUT2D eigenvalue weighted by molar-refractivity contribution is -0.159. The summed E-state index contributed by atoms with van der Waals surface area (Å²) in [4.78, 5) is 32.7. The van der Waals surface area contributed by atoms with Gasteiger partial charge in [0.05, 0.1) is 19.8 Å². The van der Waals surface area contributed by atoms with E-state index in [1.165, 1.54) is 44.9 Å². The number of hydrogen-bond donors (Lipinski definition) is 3. The summed E-state index contributed by atoms with van der Waals surface area (Å²) in [5.74, 6) is -1.12. The van der Waals surface area contributed by atoms with E-state index in [0.29, 0.717) is 6.42 Å². The van der Waals surface area contributed by atoms with Crippen LogP contribution in [0.2, 0.25) is 0 Å². The minimum Gasteiger partial charge on any atom is -0.462 e. The molecule has 0 amide bonds. The van der Waals surface area contributed by atoms with Crippen molar-refractivity contribution in [3.8, 4) is 0 Å². The highest BCUT2D eigenvalue weighted by Gasteiger charge is 2.26. The van der Waals surface area contributed by atoms with E-state index < -0.39 is 51.8 Å². The summed E-state index contributed by atoms with van der Waals surface area (Å²) in [6.07, 6.45) is 10.7. The normalized spacial score (nSPS) is 14.9.